The molecule has 1 N–H and O–H groups in total. The summed E-state index contributed by atoms with van der Waals surface area (Å²) in [5.74, 6) is 0.365. The van der Waals surface area contributed by atoms with Crippen LogP contribution in [-0.2, 0) is 11.3 Å². The average molecular weight is 320 g/mol. The smallest absolute Gasteiger partial charge is 0.232 e. The highest BCUT2D eigenvalue weighted by Crippen LogP contribution is 2.25. The minimum Gasteiger partial charge on any atom is -0.361 e. The van der Waals surface area contributed by atoms with Gasteiger partial charge in [-0.2, -0.15) is 0 Å². The molecule has 3 aromatic rings. The van der Waals surface area contributed by atoms with Gasteiger partial charge in [-0.25, -0.2) is 0 Å². The van der Waals surface area contributed by atoms with Crippen LogP contribution >= 0.6 is 0 Å². The van der Waals surface area contributed by atoms with E-state index in [1.54, 1.807) is 0 Å². The lowest BCUT2D eigenvalue weighted by Crippen LogP contribution is -2.30. The molecule has 0 spiro atoms. The van der Waals surface area contributed by atoms with Gasteiger partial charge in [0.15, 0.2) is 0 Å². The Labute approximate surface area is 141 Å². The van der Waals surface area contributed by atoms with E-state index in [9.17, 15) is 4.79 Å². The summed E-state index contributed by atoms with van der Waals surface area (Å²) >= 11 is 0. The highest BCUT2D eigenvalue weighted by molar-refractivity contribution is 5.87. The predicted octanol–water partition coefficient (Wildman–Crippen LogP) is 3.74. The molecular formula is C20H20N2O2. The molecule has 0 aliphatic carbocycles. The summed E-state index contributed by atoms with van der Waals surface area (Å²) in [5, 5.41) is 6.95. The number of hydrogen-bond acceptors (Lipinski definition) is 3. The second kappa shape index (κ2) is 7.13. The molecule has 0 unspecified atom stereocenters. The van der Waals surface area contributed by atoms with Gasteiger partial charge in [0, 0.05) is 12.1 Å². The third-order valence-electron chi connectivity index (χ3n) is 4.15. The van der Waals surface area contributed by atoms with Crippen molar-refractivity contribution < 1.29 is 9.32 Å². The maximum absolute atomic E-state index is 12.9. The molecule has 3 rings (SSSR count). The minimum atomic E-state index is -0.340. The summed E-state index contributed by atoms with van der Waals surface area (Å²) in [6, 6.07) is 19.6. The van der Waals surface area contributed by atoms with Crippen molar-refractivity contribution in [3.63, 3.8) is 0 Å². The highest BCUT2D eigenvalue weighted by Gasteiger charge is 2.23. The molecule has 2 aromatic carbocycles. The second-order valence-corrected chi connectivity index (χ2v) is 5.77. The van der Waals surface area contributed by atoms with Crippen LogP contribution in [-0.4, -0.2) is 11.1 Å². The molecule has 0 bridgehead atoms. The molecule has 0 aliphatic heterocycles. The molecule has 0 saturated carbocycles. The van der Waals surface area contributed by atoms with Gasteiger partial charge in [-0.05, 0) is 25.0 Å². The summed E-state index contributed by atoms with van der Waals surface area (Å²) < 4.78 is 5.16. The fourth-order valence-corrected chi connectivity index (χ4v) is 2.82. The molecule has 0 radical (unpaired) electrons. The van der Waals surface area contributed by atoms with Crippen LogP contribution in [0.1, 0.15) is 34.1 Å². The van der Waals surface area contributed by atoms with E-state index >= 15 is 0 Å². The number of nitrogens with one attached hydrogen (secondary N) is 1. The van der Waals surface area contributed by atoms with Crippen molar-refractivity contribution in [3.8, 4) is 0 Å². The number of nitrogens with zero attached hydrogens (tertiary/aromatic N) is 1. The van der Waals surface area contributed by atoms with Crippen molar-refractivity contribution in [1.82, 2.24) is 10.5 Å². The Morgan fingerprint density at radius 2 is 1.54 bits per heavy atom. The van der Waals surface area contributed by atoms with Crippen LogP contribution in [0.25, 0.3) is 0 Å². The van der Waals surface area contributed by atoms with E-state index in [1.807, 2.05) is 74.5 Å². The van der Waals surface area contributed by atoms with E-state index in [2.05, 4.69) is 10.5 Å². The Hall–Kier alpha value is -2.88. The molecule has 0 fully saturated rings. The third kappa shape index (κ3) is 3.38. The Bertz CT molecular complexity index is 751. The maximum atomic E-state index is 12.9. The van der Waals surface area contributed by atoms with Gasteiger partial charge in [0.2, 0.25) is 5.91 Å². The number of benzene rings is 2. The lowest BCUT2D eigenvalue weighted by Gasteiger charge is -2.18. The van der Waals surface area contributed by atoms with E-state index in [0.29, 0.717) is 6.54 Å². The number of rotatable bonds is 5. The number of amides is 1. The summed E-state index contributed by atoms with van der Waals surface area (Å²) in [6.07, 6.45) is 0. The molecule has 0 aliphatic rings. The topological polar surface area (TPSA) is 55.1 Å². The van der Waals surface area contributed by atoms with Crippen molar-refractivity contribution in [2.24, 2.45) is 0 Å². The molecule has 1 aromatic heterocycles. The normalized spacial score (nSPS) is 10.8. The highest BCUT2D eigenvalue weighted by atomic mass is 16.5. The zero-order chi connectivity index (χ0) is 16.9. The fraction of sp³-hybridized carbons (Fsp3) is 0.200. The van der Waals surface area contributed by atoms with Gasteiger partial charge in [-0.3, -0.25) is 4.79 Å². The molecule has 122 valence electrons. The van der Waals surface area contributed by atoms with Crippen LogP contribution in [0.15, 0.2) is 65.2 Å². The van der Waals surface area contributed by atoms with Gasteiger partial charge in [-0.1, -0.05) is 65.8 Å². The van der Waals surface area contributed by atoms with Crippen molar-refractivity contribution in [1.29, 1.82) is 0 Å². The summed E-state index contributed by atoms with van der Waals surface area (Å²) in [4.78, 5) is 12.9. The van der Waals surface area contributed by atoms with Gasteiger partial charge >= 0.3 is 0 Å². The second-order valence-electron chi connectivity index (χ2n) is 5.77. The molecule has 1 amide bonds. The maximum Gasteiger partial charge on any atom is 0.232 e. The molecule has 24 heavy (non-hydrogen) atoms. The number of aryl methyl sites for hydroxylation is 2. The Balaban J connectivity index is 1.85. The quantitative estimate of drug-likeness (QED) is 0.779. The summed E-state index contributed by atoms with van der Waals surface area (Å²) in [7, 11) is 0. The van der Waals surface area contributed by atoms with Crippen molar-refractivity contribution >= 4 is 5.91 Å². The van der Waals surface area contributed by atoms with Crippen LogP contribution in [0.4, 0.5) is 0 Å². The van der Waals surface area contributed by atoms with E-state index in [-0.39, 0.29) is 11.8 Å². The first-order valence-corrected chi connectivity index (χ1v) is 7.96. The summed E-state index contributed by atoms with van der Waals surface area (Å²) in [5.41, 5.74) is 3.69. The zero-order valence-electron chi connectivity index (χ0n) is 13.8. The van der Waals surface area contributed by atoms with Gasteiger partial charge in [-0.15, -0.1) is 0 Å². The first kappa shape index (κ1) is 16.0. The average Bonchev–Trinajstić information content (AvgIpc) is 2.93. The Morgan fingerprint density at radius 1 is 1.00 bits per heavy atom. The number of carbonyl (C=O) groups is 1. The zero-order valence-corrected chi connectivity index (χ0v) is 13.8. The van der Waals surface area contributed by atoms with Crippen LogP contribution in [0.2, 0.25) is 0 Å². The van der Waals surface area contributed by atoms with E-state index < -0.39 is 0 Å². The van der Waals surface area contributed by atoms with Gasteiger partial charge in [0.1, 0.15) is 5.76 Å². The van der Waals surface area contributed by atoms with Crippen LogP contribution in [0.5, 0.6) is 0 Å². The van der Waals surface area contributed by atoms with Gasteiger partial charge in [0.05, 0.1) is 11.6 Å². The van der Waals surface area contributed by atoms with Gasteiger partial charge < -0.3 is 9.84 Å². The standard InChI is InChI=1S/C20H20N2O2/c1-14-18(15(2)24-22-14)13-21-20(23)19(16-9-5-3-6-10-16)17-11-7-4-8-12-17/h3-12,19H,13H2,1-2H3,(H,21,23). The number of hydrogen-bond donors (Lipinski definition) is 1. The predicted molar refractivity (Wildman–Crippen MR) is 92.6 cm³/mol. The first-order valence-electron chi connectivity index (χ1n) is 7.96. The monoisotopic (exact) mass is 320 g/mol. The van der Waals surface area contributed by atoms with E-state index in [0.717, 1.165) is 28.1 Å². The van der Waals surface area contributed by atoms with E-state index in [4.69, 9.17) is 4.52 Å². The Morgan fingerprint density at radius 3 is 2.00 bits per heavy atom. The Kier molecular flexibility index (Phi) is 4.75. The summed E-state index contributed by atoms with van der Waals surface area (Å²) in [6.45, 7) is 4.15. The number of carbonyl (C=O) groups excluding carboxylic acids is 1. The van der Waals surface area contributed by atoms with Crippen molar-refractivity contribution in [3.05, 3.63) is 88.8 Å². The van der Waals surface area contributed by atoms with Crippen molar-refractivity contribution in [2.75, 3.05) is 0 Å². The molecular weight excluding hydrogens is 300 g/mol. The first-order chi connectivity index (χ1) is 11.7. The van der Waals surface area contributed by atoms with Crippen LogP contribution in [0, 0.1) is 13.8 Å². The lowest BCUT2D eigenvalue weighted by molar-refractivity contribution is -0.121. The molecule has 0 saturated heterocycles. The SMILES string of the molecule is Cc1noc(C)c1CNC(=O)C(c1ccccc1)c1ccccc1. The molecule has 0 atom stereocenters. The number of aromatic nitrogens is 1. The van der Waals surface area contributed by atoms with Crippen LogP contribution in [0.3, 0.4) is 0 Å². The molecule has 4 heteroatoms. The van der Waals surface area contributed by atoms with E-state index in [1.165, 1.54) is 0 Å². The molecule has 1 heterocycles. The fourth-order valence-electron chi connectivity index (χ4n) is 2.82. The third-order valence-corrected chi connectivity index (χ3v) is 4.15. The van der Waals surface area contributed by atoms with Crippen molar-refractivity contribution in [2.45, 2.75) is 26.3 Å². The molecule has 4 nitrogen and oxygen atoms in total. The van der Waals surface area contributed by atoms with Gasteiger partial charge in [0.25, 0.3) is 0 Å². The van der Waals surface area contributed by atoms with Crippen LogP contribution < -0.4 is 5.32 Å². The minimum absolute atomic E-state index is 0.0348. The largest absolute Gasteiger partial charge is 0.361 e. The lowest BCUT2D eigenvalue weighted by atomic mass is 9.90.